The van der Waals surface area contributed by atoms with Crippen LogP contribution in [0.3, 0.4) is 0 Å². The van der Waals surface area contributed by atoms with Crippen LogP contribution in [-0.4, -0.2) is 45.5 Å². The zero-order valence-corrected chi connectivity index (χ0v) is 17.9. The van der Waals surface area contributed by atoms with Crippen LogP contribution in [0.1, 0.15) is 96.8 Å². The molecule has 0 fully saturated rings. The number of ether oxygens (including phenoxy) is 3. The fourth-order valence-electron chi connectivity index (χ4n) is 2.98. The van der Waals surface area contributed by atoms with Crippen molar-refractivity contribution in [3.05, 3.63) is 0 Å². The number of carbonyl (C=O) groups is 1. The van der Waals surface area contributed by atoms with Crippen LogP contribution in [0.15, 0.2) is 0 Å². The number of esters is 1. The van der Waals surface area contributed by atoms with Crippen molar-refractivity contribution in [2.75, 3.05) is 39.6 Å². The lowest BCUT2D eigenvalue weighted by Gasteiger charge is -2.07. The molecule has 2 N–H and O–H groups in total. The predicted octanol–water partition coefficient (Wildman–Crippen LogP) is 5.00. The van der Waals surface area contributed by atoms with Gasteiger partial charge in [0, 0.05) is 13.0 Å². The van der Waals surface area contributed by atoms with Gasteiger partial charge in [-0.15, -0.1) is 0 Å². The molecule has 0 aromatic heterocycles. The van der Waals surface area contributed by atoms with Crippen LogP contribution in [0.25, 0.3) is 0 Å². The van der Waals surface area contributed by atoms with E-state index in [9.17, 15) is 4.79 Å². The lowest BCUT2D eigenvalue weighted by Crippen LogP contribution is -2.14. The minimum atomic E-state index is -0.110. The fourth-order valence-corrected chi connectivity index (χ4v) is 2.98. The Kier molecular flexibility index (Phi) is 22.8. The van der Waals surface area contributed by atoms with Gasteiger partial charge in [-0.1, -0.05) is 84.0 Å². The van der Waals surface area contributed by atoms with Gasteiger partial charge < -0.3 is 19.9 Å². The highest BCUT2D eigenvalue weighted by molar-refractivity contribution is 5.69. The molecule has 0 unspecified atom stereocenters. The molecule has 27 heavy (non-hydrogen) atoms. The summed E-state index contributed by atoms with van der Waals surface area (Å²) in [4.78, 5) is 11.6. The standard InChI is InChI=1S/C22H45NO4/c1-2-3-4-5-6-7-8-9-10-11-12-13-14-15-22(24)27-21-20-26-19-18-25-17-16-23/h2-21,23H2,1H3. The molecule has 162 valence electrons. The highest BCUT2D eigenvalue weighted by Gasteiger charge is 2.02. The van der Waals surface area contributed by atoms with Gasteiger partial charge in [0.2, 0.25) is 0 Å². The molecule has 0 aliphatic rings. The lowest BCUT2D eigenvalue weighted by molar-refractivity contribution is -0.145. The van der Waals surface area contributed by atoms with Gasteiger partial charge >= 0.3 is 5.97 Å². The van der Waals surface area contributed by atoms with Crippen LogP contribution in [0.5, 0.6) is 0 Å². The molecule has 5 nitrogen and oxygen atoms in total. The third-order valence-corrected chi connectivity index (χ3v) is 4.61. The van der Waals surface area contributed by atoms with Gasteiger partial charge in [0.05, 0.1) is 26.4 Å². The number of hydrogen-bond acceptors (Lipinski definition) is 5. The van der Waals surface area contributed by atoms with Gasteiger partial charge in [-0.2, -0.15) is 0 Å². The monoisotopic (exact) mass is 387 g/mol. The largest absolute Gasteiger partial charge is 0.463 e. The van der Waals surface area contributed by atoms with Gasteiger partial charge in [-0.3, -0.25) is 4.79 Å². The summed E-state index contributed by atoms with van der Waals surface area (Å²) in [6.07, 6.45) is 17.6. The number of nitrogens with two attached hydrogens (primary N) is 1. The second-order valence-corrected chi connectivity index (χ2v) is 7.23. The Morgan fingerprint density at radius 1 is 0.630 bits per heavy atom. The van der Waals surface area contributed by atoms with E-state index in [-0.39, 0.29) is 5.97 Å². The molecule has 0 spiro atoms. The minimum Gasteiger partial charge on any atom is -0.463 e. The maximum Gasteiger partial charge on any atom is 0.305 e. The molecular weight excluding hydrogens is 342 g/mol. The maximum absolute atomic E-state index is 11.6. The van der Waals surface area contributed by atoms with Crippen LogP contribution in [0, 0.1) is 0 Å². The van der Waals surface area contributed by atoms with E-state index >= 15 is 0 Å². The second-order valence-electron chi connectivity index (χ2n) is 7.23. The summed E-state index contributed by atoms with van der Waals surface area (Å²) in [7, 11) is 0. The molecule has 0 aliphatic carbocycles. The van der Waals surface area contributed by atoms with E-state index in [0.717, 1.165) is 12.8 Å². The van der Waals surface area contributed by atoms with Crippen LogP contribution in [-0.2, 0) is 19.0 Å². The molecule has 0 radical (unpaired) electrons. The average Bonchev–Trinajstić information content (AvgIpc) is 2.67. The number of hydrogen-bond donors (Lipinski definition) is 1. The highest BCUT2D eigenvalue weighted by Crippen LogP contribution is 2.13. The van der Waals surface area contributed by atoms with Crippen molar-refractivity contribution < 1.29 is 19.0 Å². The van der Waals surface area contributed by atoms with Gasteiger partial charge in [-0.25, -0.2) is 0 Å². The van der Waals surface area contributed by atoms with E-state index in [4.69, 9.17) is 19.9 Å². The summed E-state index contributed by atoms with van der Waals surface area (Å²) in [5.74, 6) is -0.110. The van der Waals surface area contributed by atoms with Crippen molar-refractivity contribution in [3.8, 4) is 0 Å². The summed E-state index contributed by atoms with van der Waals surface area (Å²) >= 11 is 0. The molecule has 0 bridgehead atoms. The van der Waals surface area contributed by atoms with Gasteiger partial charge in [-0.05, 0) is 6.42 Å². The van der Waals surface area contributed by atoms with Crippen molar-refractivity contribution >= 4 is 5.97 Å². The molecule has 0 aromatic rings. The quantitative estimate of drug-likeness (QED) is 0.209. The van der Waals surface area contributed by atoms with Crippen LogP contribution in [0.4, 0.5) is 0 Å². The van der Waals surface area contributed by atoms with Crippen molar-refractivity contribution in [2.24, 2.45) is 5.73 Å². The Bertz CT molecular complexity index is 300. The molecule has 0 aromatic carbocycles. The van der Waals surface area contributed by atoms with Crippen molar-refractivity contribution in [1.82, 2.24) is 0 Å². The number of carbonyl (C=O) groups excluding carboxylic acids is 1. The Morgan fingerprint density at radius 2 is 1.07 bits per heavy atom. The lowest BCUT2D eigenvalue weighted by atomic mass is 10.0. The topological polar surface area (TPSA) is 70.8 Å². The average molecular weight is 388 g/mol. The first kappa shape index (κ1) is 26.4. The van der Waals surface area contributed by atoms with E-state index in [1.165, 1.54) is 70.6 Å². The zero-order valence-electron chi connectivity index (χ0n) is 17.9. The Balaban J connectivity index is 3.12. The smallest absolute Gasteiger partial charge is 0.305 e. The van der Waals surface area contributed by atoms with E-state index < -0.39 is 0 Å². The third-order valence-electron chi connectivity index (χ3n) is 4.61. The summed E-state index contributed by atoms with van der Waals surface area (Å²) in [5, 5.41) is 0. The van der Waals surface area contributed by atoms with E-state index in [1.54, 1.807) is 0 Å². The molecule has 0 aliphatic heterocycles. The number of unbranched alkanes of at least 4 members (excludes halogenated alkanes) is 12. The van der Waals surface area contributed by atoms with E-state index in [1.807, 2.05) is 0 Å². The highest BCUT2D eigenvalue weighted by atomic mass is 16.6. The van der Waals surface area contributed by atoms with Gasteiger partial charge in [0.25, 0.3) is 0 Å². The first-order valence-corrected chi connectivity index (χ1v) is 11.3. The molecule has 0 rings (SSSR count). The normalized spacial score (nSPS) is 11.0. The zero-order chi connectivity index (χ0) is 19.8. The van der Waals surface area contributed by atoms with Crippen LogP contribution >= 0.6 is 0 Å². The summed E-state index contributed by atoms with van der Waals surface area (Å²) in [5.41, 5.74) is 5.31. The Labute approximate surface area is 167 Å². The molecule has 0 saturated carbocycles. The van der Waals surface area contributed by atoms with Crippen LogP contribution in [0.2, 0.25) is 0 Å². The first-order chi connectivity index (χ1) is 13.3. The number of rotatable bonds is 22. The molecule has 0 atom stereocenters. The molecule has 0 amide bonds. The minimum absolute atomic E-state index is 0.110. The second kappa shape index (κ2) is 23.4. The Morgan fingerprint density at radius 3 is 1.59 bits per heavy atom. The SMILES string of the molecule is CCCCCCCCCCCCCCCC(=O)OCCOCCOCCN. The third kappa shape index (κ3) is 23.3. The first-order valence-electron chi connectivity index (χ1n) is 11.3. The van der Waals surface area contributed by atoms with Crippen molar-refractivity contribution in [3.63, 3.8) is 0 Å². The maximum atomic E-state index is 11.6. The molecule has 0 saturated heterocycles. The summed E-state index contributed by atoms with van der Waals surface area (Å²) in [6, 6.07) is 0. The van der Waals surface area contributed by atoms with Gasteiger partial charge in [0.1, 0.15) is 6.61 Å². The molecule has 0 heterocycles. The molecular formula is C22H45NO4. The van der Waals surface area contributed by atoms with Crippen LogP contribution < -0.4 is 5.73 Å². The fraction of sp³-hybridized carbons (Fsp3) is 0.955. The Hall–Kier alpha value is -0.650. The van der Waals surface area contributed by atoms with Crippen molar-refractivity contribution in [2.45, 2.75) is 96.8 Å². The summed E-state index contributed by atoms with van der Waals surface area (Å²) in [6.45, 7) is 5.14. The van der Waals surface area contributed by atoms with Gasteiger partial charge in [0.15, 0.2) is 0 Å². The predicted molar refractivity (Wildman–Crippen MR) is 112 cm³/mol. The van der Waals surface area contributed by atoms with E-state index in [0.29, 0.717) is 46.0 Å². The summed E-state index contributed by atoms with van der Waals surface area (Å²) < 4.78 is 15.6. The molecule has 5 heteroatoms. The van der Waals surface area contributed by atoms with E-state index in [2.05, 4.69) is 6.92 Å². The van der Waals surface area contributed by atoms with Crippen molar-refractivity contribution in [1.29, 1.82) is 0 Å².